The lowest BCUT2D eigenvalue weighted by Crippen LogP contribution is -2.29. The van der Waals surface area contributed by atoms with Crippen LogP contribution in [0.15, 0.2) is 24.3 Å². The molecule has 0 bridgehead atoms. The average molecular weight is 298 g/mol. The molecule has 1 heterocycles. The van der Waals surface area contributed by atoms with E-state index in [1.165, 1.54) is 25.0 Å². The number of hydrogen-bond donors (Lipinski definition) is 1. The zero-order chi connectivity index (χ0) is 15.0. The van der Waals surface area contributed by atoms with Crippen LogP contribution in [0.25, 0.3) is 0 Å². The SMILES string of the molecule is CN1CCC(CNC2CC2)C1c1cccc(C(F)(F)F)c1. The van der Waals surface area contributed by atoms with Crippen molar-refractivity contribution in [2.45, 2.75) is 37.5 Å². The summed E-state index contributed by atoms with van der Waals surface area (Å²) in [6, 6.07) is 6.53. The summed E-state index contributed by atoms with van der Waals surface area (Å²) in [4.78, 5) is 2.18. The van der Waals surface area contributed by atoms with Crippen molar-refractivity contribution in [3.05, 3.63) is 35.4 Å². The third kappa shape index (κ3) is 3.40. The molecule has 1 aromatic rings. The van der Waals surface area contributed by atoms with Crippen molar-refractivity contribution in [2.75, 3.05) is 20.1 Å². The summed E-state index contributed by atoms with van der Waals surface area (Å²) < 4.78 is 38.7. The lowest BCUT2D eigenvalue weighted by molar-refractivity contribution is -0.137. The summed E-state index contributed by atoms with van der Waals surface area (Å²) >= 11 is 0. The number of nitrogens with one attached hydrogen (secondary N) is 1. The first-order valence-electron chi connectivity index (χ1n) is 7.56. The van der Waals surface area contributed by atoms with Gasteiger partial charge in [-0.25, -0.2) is 0 Å². The average Bonchev–Trinajstić information content (AvgIpc) is 3.19. The molecule has 2 unspecified atom stereocenters. The molecule has 2 nitrogen and oxygen atoms in total. The minimum Gasteiger partial charge on any atom is -0.314 e. The standard InChI is InChI=1S/C16H21F3N2/c1-21-8-7-12(10-20-14-5-6-14)15(21)11-3-2-4-13(9-11)16(17,18)19/h2-4,9,12,14-15,20H,5-8,10H2,1H3. The van der Waals surface area contributed by atoms with Crippen LogP contribution in [0.2, 0.25) is 0 Å². The molecule has 3 rings (SSSR count). The maximum atomic E-state index is 12.9. The first kappa shape index (κ1) is 14.9. The molecule has 5 heteroatoms. The van der Waals surface area contributed by atoms with Crippen LogP contribution in [0.1, 0.15) is 36.4 Å². The van der Waals surface area contributed by atoms with Gasteiger partial charge in [0.2, 0.25) is 0 Å². The number of nitrogens with zero attached hydrogens (tertiary/aromatic N) is 1. The van der Waals surface area contributed by atoms with E-state index < -0.39 is 11.7 Å². The van der Waals surface area contributed by atoms with Crippen molar-refractivity contribution < 1.29 is 13.2 Å². The van der Waals surface area contributed by atoms with Crippen LogP contribution in [0, 0.1) is 5.92 Å². The van der Waals surface area contributed by atoms with E-state index in [9.17, 15) is 13.2 Å². The van der Waals surface area contributed by atoms with Crippen LogP contribution in [0.3, 0.4) is 0 Å². The summed E-state index contributed by atoms with van der Waals surface area (Å²) in [6.07, 6.45) is -0.764. The first-order valence-corrected chi connectivity index (χ1v) is 7.56. The predicted octanol–water partition coefficient (Wildman–Crippen LogP) is 3.45. The van der Waals surface area contributed by atoms with Crippen molar-refractivity contribution in [3.63, 3.8) is 0 Å². The van der Waals surface area contributed by atoms with Gasteiger partial charge in [0.1, 0.15) is 0 Å². The molecule has 0 aromatic heterocycles. The van der Waals surface area contributed by atoms with Crippen molar-refractivity contribution in [1.82, 2.24) is 10.2 Å². The summed E-state index contributed by atoms with van der Waals surface area (Å²) in [5.74, 6) is 0.388. The molecule has 1 aliphatic heterocycles. The molecule has 1 aliphatic carbocycles. The van der Waals surface area contributed by atoms with E-state index in [1.54, 1.807) is 0 Å². The third-order valence-electron chi connectivity index (χ3n) is 4.58. The second kappa shape index (κ2) is 5.61. The molecule has 1 saturated heterocycles. The minimum atomic E-state index is -4.27. The highest BCUT2D eigenvalue weighted by atomic mass is 19.4. The Kier molecular flexibility index (Phi) is 3.97. The number of hydrogen-bond acceptors (Lipinski definition) is 2. The van der Waals surface area contributed by atoms with Gasteiger partial charge in [-0.05, 0) is 56.5 Å². The molecule has 2 fully saturated rings. The highest BCUT2D eigenvalue weighted by Crippen LogP contribution is 2.38. The van der Waals surface area contributed by atoms with Crippen molar-refractivity contribution in [2.24, 2.45) is 5.92 Å². The fraction of sp³-hybridized carbons (Fsp3) is 0.625. The Morgan fingerprint density at radius 3 is 2.67 bits per heavy atom. The van der Waals surface area contributed by atoms with Crippen LogP contribution < -0.4 is 5.32 Å². The second-order valence-corrected chi connectivity index (χ2v) is 6.28. The van der Waals surface area contributed by atoms with E-state index in [1.807, 2.05) is 13.1 Å². The zero-order valence-electron chi connectivity index (χ0n) is 12.2. The number of benzene rings is 1. The molecule has 2 aliphatic rings. The largest absolute Gasteiger partial charge is 0.416 e. The van der Waals surface area contributed by atoms with E-state index in [0.717, 1.165) is 31.1 Å². The van der Waals surface area contributed by atoms with Crippen molar-refractivity contribution in [1.29, 1.82) is 0 Å². The predicted molar refractivity (Wildman–Crippen MR) is 75.9 cm³/mol. The fourth-order valence-corrected chi connectivity index (χ4v) is 3.27. The van der Waals surface area contributed by atoms with Gasteiger partial charge in [-0.2, -0.15) is 13.2 Å². The fourth-order valence-electron chi connectivity index (χ4n) is 3.27. The molecular weight excluding hydrogens is 277 g/mol. The highest BCUT2D eigenvalue weighted by molar-refractivity contribution is 5.29. The zero-order valence-corrected chi connectivity index (χ0v) is 12.2. The van der Waals surface area contributed by atoms with E-state index in [-0.39, 0.29) is 6.04 Å². The van der Waals surface area contributed by atoms with Gasteiger partial charge in [0.15, 0.2) is 0 Å². The molecule has 1 saturated carbocycles. The number of halogens is 3. The lowest BCUT2D eigenvalue weighted by atomic mass is 9.92. The van der Waals surface area contributed by atoms with Gasteiger partial charge in [0.05, 0.1) is 5.56 Å². The Morgan fingerprint density at radius 2 is 2.00 bits per heavy atom. The molecule has 0 spiro atoms. The summed E-state index contributed by atoms with van der Waals surface area (Å²) in [7, 11) is 2.00. The molecule has 1 N–H and O–H groups in total. The number of likely N-dealkylation sites (tertiary alicyclic amines) is 1. The molecule has 0 amide bonds. The van der Waals surface area contributed by atoms with E-state index >= 15 is 0 Å². The van der Waals surface area contributed by atoms with Crippen LogP contribution in [-0.4, -0.2) is 31.1 Å². The van der Waals surface area contributed by atoms with Crippen LogP contribution in [0.5, 0.6) is 0 Å². The Bertz CT molecular complexity index is 497. The topological polar surface area (TPSA) is 15.3 Å². The molecule has 116 valence electrons. The molecular formula is C16H21F3N2. The molecule has 0 radical (unpaired) electrons. The van der Waals surface area contributed by atoms with Gasteiger partial charge in [0.25, 0.3) is 0 Å². The van der Waals surface area contributed by atoms with Crippen molar-refractivity contribution in [3.8, 4) is 0 Å². The smallest absolute Gasteiger partial charge is 0.314 e. The van der Waals surface area contributed by atoms with Gasteiger partial charge >= 0.3 is 6.18 Å². The molecule has 2 atom stereocenters. The van der Waals surface area contributed by atoms with Gasteiger partial charge in [-0.3, -0.25) is 4.90 Å². The second-order valence-electron chi connectivity index (χ2n) is 6.28. The summed E-state index contributed by atoms with van der Waals surface area (Å²) in [5, 5.41) is 3.51. The Hall–Kier alpha value is -1.07. The number of rotatable bonds is 4. The summed E-state index contributed by atoms with van der Waals surface area (Å²) in [5.41, 5.74) is 0.238. The Labute approximate surface area is 123 Å². The van der Waals surface area contributed by atoms with Crippen LogP contribution in [-0.2, 0) is 6.18 Å². The minimum absolute atomic E-state index is 0.0820. The van der Waals surface area contributed by atoms with Gasteiger partial charge in [-0.15, -0.1) is 0 Å². The van der Waals surface area contributed by atoms with Crippen LogP contribution >= 0.6 is 0 Å². The molecule has 1 aromatic carbocycles. The third-order valence-corrected chi connectivity index (χ3v) is 4.58. The van der Waals surface area contributed by atoms with Gasteiger partial charge < -0.3 is 5.32 Å². The Morgan fingerprint density at radius 1 is 1.24 bits per heavy atom. The summed E-state index contributed by atoms with van der Waals surface area (Å²) in [6.45, 7) is 1.84. The van der Waals surface area contributed by atoms with Crippen LogP contribution in [0.4, 0.5) is 13.2 Å². The maximum Gasteiger partial charge on any atom is 0.416 e. The molecule has 21 heavy (non-hydrogen) atoms. The monoisotopic (exact) mass is 298 g/mol. The van der Waals surface area contributed by atoms with E-state index in [0.29, 0.717) is 12.0 Å². The van der Waals surface area contributed by atoms with E-state index in [2.05, 4.69) is 10.2 Å². The highest BCUT2D eigenvalue weighted by Gasteiger charge is 2.36. The first-order chi connectivity index (χ1) is 9.95. The van der Waals surface area contributed by atoms with E-state index in [4.69, 9.17) is 0 Å². The maximum absolute atomic E-state index is 12.9. The normalized spacial score (nSPS) is 27.2. The lowest BCUT2D eigenvalue weighted by Gasteiger charge is -2.26. The Balaban J connectivity index is 1.78. The van der Waals surface area contributed by atoms with Gasteiger partial charge in [0, 0.05) is 18.6 Å². The number of alkyl halides is 3. The van der Waals surface area contributed by atoms with Crippen molar-refractivity contribution >= 4 is 0 Å². The quantitative estimate of drug-likeness (QED) is 0.916. The van der Waals surface area contributed by atoms with Gasteiger partial charge in [-0.1, -0.05) is 12.1 Å².